The van der Waals surface area contributed by atoms with E-state index in [1.165, 1.54) is 11.2 Å². The number of aliphatic imine (C=N–C) groups is 1. The van der Waals surface area contributed by atoms with Gasteiger partial charge < -0.3 is 10.6 Å². The third kappa shape index (κ3) is 7.82. The van der Waals surface area contributed by atoms with Crippen molar-refractivity contribution in [2.75, 3.05) is 25.1 Å². The number of sulfone groups is 1. The highest BCUT2D eigenvalue weighted by Crippen LogP contribution is 2.19. The standard InChI is InChI=1S/C19H24ClN3O2S2/c1-3-21-19(22-12-13-26-17-8-6-16(20)7-9-17)23-14-15-4-10-18(11-5-15)27(2,24)25/h4-11H,3,12-14H2,1-2H3,(H2,21,22,23). The molecule has 0 bridgehead atoms. The second-order valence-electron chi connectivity index (χ2n) is 5.84. The molecule has 0 heterocycles. The molecule has 0 aliphatic carbocycles. The summed E-state index contributed by atoms with van der Waals surface area (Å²) < 4.78 is 23.0. The molecule has 0 saturated heterocycles. The van der Waals surface area contributed by atoms with Gasteiger partial charge in [-0.05, 0) is 48.9 Å². The number of benzene rings is 2. The lowest BCUT2D eigenvalue weighted by atomic mass is 10.2. The zero-order chi connectivity index (χ0) is 19.7. The predicted octanol–water partition coefficient (Wildman–Crippen LogP) is 3.59. The van der Waals surface area contributed by atoms with Gasteiger partial charge in [0.2, 0.25) is 0 Å². The highest BCUT2D eigenvalue weighted by molar-refractivity contribution is 7.99. The maximum absolute atomic E-state index is 11.5. The molecule has 0 radical (unpaired) electrons. The van der Waals surface area contributed by atoms with Gasteiger partial charge in [0, 0.05) is 35.0 Å². The van der Waals surface area contributed by atoms with Crippen LogP contribution >= 0.6 is 23.4 Å². The fourth-order valence-electron chi connectivity index (χ4n) is 2.22. The highest BCUT2D eigenvalue weighted by Gasteiger charge is 2.06. The highest BCUT2D eigenvalue weighted by atomic mass is 35.5. The molecule has 2 aromatic rings. The van der Waals surface area contributed by atoms with E-state index in [-0.39, 0.29) is 0 Å². The Balaban J connectivity index is 1.85. The molecule has 0 saturated carbocycles. The fraction of sp³-hybridized carbons (Fsp3) is 0.316. The van der Waals surface area contributed by atoms with E-state index < -0.39 is 9.84 Å². The number of nitrogens with zero attached hydrogens (tertiary/aromatic N) is 1. The quantitative estimate of drug-likeness (QED) is 0.292. The third-order valence-electron chi connectivity index (χ3n) is 3.59. The Hall–Kier alpha value is -1.70. The van der Waals surface area contributed by atoms with Crippen LogP contribution < -0.4 is 10.6 Å². The van der Waals surface area contributed by atoms with Crippen molar-refractivity contribution in [3.8, 4) is 0 Å². The van der Waals surface area contributed by atoms with Crippen molar-refractivity contribution < 1.29 is 8.42 Å². The second kappa shape index (κ2) is 10.6. The molecule has 2 N–H and O–H groups in total. The van der Waals surface area contributed by atoms with Crippen molar-refractivity contribution >= 4 is 39.2 Å². The van der Waals surface area contributed by atoms with E-state index in [9.17, 15) is 8.42 Å². The predicted molar refractivity (Wildman–Crippen MR) is 115 cm³/mol. The summed E-state index contributed by atoms with van der Waals surface area (Å²) in [4.78, 5) is 6.04. The lowest BCUT2D eigenvalue weighted by Gasteiger charge is -2.11. The molecule has 2 rings (SSSR count). The monoisotopic (exact) mass is 425 g/mol. The van der Waals surface area contributed by atoms with Gasteiger partial charge in [-0.2, -0.15) is 0 Å². The zero-order valence-electron chi connectivity index (χ0n) is 15.4. The van der Waals surface area contributed by atoms with Gasteiger partial charge in [0.1, 0.15) is 0 Å². The van der Waals surface area contributed by atoms with Gasteiger partial charge in [-0.3, -0.25) is 0 Å². The Morgan fingerprint density at radius 3 is 2.33 bits per heavy atom. The van der Waals surface area contributed by atoms with Crippen LogP contribution in [0.15, 0.2) is 63.3 Å². The van der Waals surface area contributed by atoms with Crippen LogP contribution in [0.5, 0.6) is 0 Å². The summed E-state index contributed by atoms with van der Waals surface area (Å²) in [5, 5.41) is 7.25. The Labute approximate surface area is 170 Å². The van der Waals surface area contributed by atoms with Gasteiger partial charge >= 0.3 is 0 Å². The lowest BCUT2D eigenvalue weighted by Crippen LogP contribution is -2.38. The first kappa shape index (κ1) is 21.6. The average molecular weight is 426 g/mol. The van der Waals surface area contributed by atoms with Gasteiger partial charge in [0.05, 0.1) is 11.4 Å². The van der Waals surface area contributed by atoms with Crippen LogP contribution in [-0.2, 0) is 16.4 Å². The Kier molecular flexibility index (Phi) is 8.47. The Morgan fingerprint density at radius 2 is 1.74 bits per heavy atom. The van der Waals surface area contributed by atoms with Crippen molar-refractivity contribution in [2.24, 2.45) is 4.99 Å². The summed E-state index contributed by atoms with van der Waals surface area (Å²) in [5.74, 6) is 1.64. The van der Waals surface area contributed by atoms with Crippen molar-refractivity contribution in [1.29, 1.82) is 0 Å². The molecule has 0 unspecified atom stereocenters. The molecule has 0 aliphatic rings. The molecule has 0 atom stereocenters. The molecular weight excluding hydrogens is 402 g/mol. The zero-order valence-corrected chi connectivity index (χ0v) is 17.8. The van der Waals surface area contributed by atoms with Crippen LogP contribution in [-0.4, -0.2) is 39.5 Å². The average Bonchev–Trinajstić information content (AvgIpc) is 2.64. The normalized spacial score (nSPS) is 12.0. The van der Waals surface area contributed by atoms with Crippen LogP contribution in [0.1, 0.15) is 12.5 Å². The first-order valence-electron chi connectivity index (χ1n) is 8.58. The molecule has 0 amide bonds. The number of rotatable bonds is 8. The van der Waals surface area contributed by atoms with Crippen LogP contribution in [0.4, 0.5) is 0 Å². The number of halogens is 1. The van der Waals surface area contributed by atoms with Crippen LogP contribution in [0.3, 0.4) is 0 Å². The van der Waals surface area contributed by atoms with Gasteiger partial charge in [-0.25, -0.2) is 13.4 Å². The first-order chi connectivity index (χ1) is 12.9. The summed E-state index contributed by atoms with van der Waals surface area (Å²) in [7, 11) is -3.17. The number of hydrogen-bond acceptors (Lipinski definition) is 4. The smallest absolute Gasteiger partial charge is 0.191 e. The molecular formula is C19H24ClN3O2S2. The second-order valence-corrected chi connectivity index (χ2v) is 9.46. The molecule has 0 aliphatic heterocycles. The number of guanidine groups is 1. The summed E-state index contributed by atoms with van der Waals surface area (Å²) in [5.41, 5.74) is 0.954. The maximum Gasteiger partial charge on any atom is 0.191 e. The summed E-state index contributed by atoms with van der Waals surface area (Å²) >= 11 is 7.64. The lowest BCUT2D eigenvalue weighted by molar-refractivity contribution is 0.602. The first-order valence-corrected chi connectivity index (χ1v) is 11.8. The van der Waals surface area contributed by atoms with Crippen molar-refractivity contribution in [1.82, 2.24) is 10.6 Å². The molecule has 0 aromatic heterocycles. The molecule has 8 heteroatoms. The van der Waals surface area contributed by atoms with E-state index in [1.807, 2.05) is 31.2 Å². The minimum absolute atomic E-state index is 0.319. The molecule has 0 fully saturated rings. The minimum atomic E-state index is -3.17. The van der Waals surface area contributed by atoms with Crippen LogP contribution in [0, 0.1) is 0 Å². The van der Waals surface area contributed by atoms with E-state index in [4.69, 9.17) is 11.6 Å². The fourth-order valence-corrected chi connectivity index (χ4v) is 3.75. The van der Waals surface area contributed by atoms with E-state index in [2.05, 4.69) is 15.6 Å². The van der Waals surface area contributed by atoms with Gasteiger partial charge in [0.15, 0.2) is 15.8 Å². The maximum atomic E-state index is 11.5. The molecule has 2 aromatic carbocycles. The number of hydrogen-bond donors (Lipinski definition) is 2. The Morgan fingerprint density at radius 1 is 1.07 bits per heavy atom. The third-order valence-corrected chi connectivity index (χ3v) is 5.99. The van der Waals surface area contributed by atoms with Crippen molar-refractivity contribution in [3.05, 3.63) is 59.1 Å². The van der Waals surface area contributed by atoms with Gasteiger partial charge in [0.25, 0.3) is 0 Å². The van der Waals surface area contributed by atoms with Crippen LogP contribution in [0.2, 0.25) is 5.02 Å². The molecule has 146 valence electrons. The number of thioether (sulfide) groups is 1. The molecule has 27 heavy (non-hydrogen) atoms. The summed E-state index contributed by atoms with van der Waals surface area (Å²) in [6.45, 7) is 4.03. The molecule has 5 nitrogen and oxygen atoms in total. The van der Waals surface area contributed by atoms with E-state index in [0.29, 0.717) is 11.4 Å². The van der Waals surface area contributed by atoms with Gasteiger partial charge in [-0.15, -0.1) is 11.8 Å². The topological polar surface area (TPSA) is 70.6 Å². The van der Waals surface area contributed by atoms with E-state index in [0.717, 1.165) is 35.4 Å². The van der Waals surface area contributed by atoms with Gasteiger partial charge in [-0.1, -0.05) is 23.7 Å². The number of nitrogens with one attached hydrogen (secondary N) is 2. The Bertz CT molecular complexity index is 852. The van der Waals surface area contributed by atoms with E-state index >= 15 is 0 Å². The summed E-state index contributed by atoms with van der Waals surface area (Å²) in [6, 6.07) is 14.6. The molecule has 0 spiro atoms. The summed E-state index contributed by atoms with van der Waals surface area (Å²) in [6.07, 6.45) is 1.20. The van der Waals surface area contributed by atoms with E-state index in [1.54, 1.807) is 36.0 Å². The van der Waals surface area contributed by atoms with Crippen molar-refractivity contribution in [2.45, 2.75) is 23.3 Å². The van der Waals surface area contributed by atoms with Crippen LogP contribution in [0.25, 0.3) is 0 Å². The minimum Gasteiger partial charge on any atom is -0.357 e. The SMILES string of the molecule is CCNC(=NCc1ccc(S(C)(=O)=O)cc1)NCCSc1ccc(Cl)cc1. The largest absolute Gasteiger partial charge is 0.357 e. The van der Waals surface area contributed by atoms with Crippen molar-refractivity contribution in [3.63, 3.8) is 0 Å².